The van der Waals surface area contributed by atoms with Crippen LogP contribution in [0.25, 0.3) is 0 Å². The molecule has 88 valence electrons. The number of benzene rings is 1. The minimum Gasteiger partial charge on any atom is -0.478 e. The van der Waals surface area contributed by atoms with Crippen LogP contribution in [0.2, 0.25) is 0 Å². The number of carboxylic acids is 1. The van der Waals surface area contributed by atoms with Crippen molar-refractivity contribution in [1.29, 1.82) is 0 Å². The second kappa shape index (κ2) is 4.74. The van der Waals surface area contributed by atoms with E-state index in [2.05, 4.69) is 10.3 Å². The van der Waals surface area contributed by atoms with Crippen molar-refractivity contribution in [2.75, 3.05) is 5.32 Å². The Kier molecular flexibility index (Phi) is 3.14. The summed E-state index contributed by atoms with van der Waals surface area (Å²) in [5.74, 6) is -0.897. The van der Waals surface area contributed by atoms with E-state index in [0.717, 1.165) is 16.9 Å². The summed E-state index contributed by atoms with van der Waals surface area (Å²) >= 11 is 0. The lowest BCUT2D eigenvalue weighted by atomic mass is 10.1. The van der Waals surface area contributed by atoms with E-state index < -0.39 is 5.97 Å². The van der Waals surface area contributed by atoms with Crippen molar-refractivity contribution in [1.82, 2.24) is 4.98 Å². The molecule has 0 spiro atoms. The van der Waals surface area contributed by atoms with Crippen LogP contribution in [0.5, 0.6) is 0 Å². The molecule has 0 unspecified atom stereocenters. The summed E-state index contributed by atoms with van der Waals surface area (Å²) in [6.07, 6.45) is 1.86. The topological polar surface area (TPSA) is 65.1 Å². The molecule has 0 saturated heterocycles. The van der Waals surface area contributed by atoms with Crippen LogP contribution >= 0.6 is 0 Å². The zero-order chi connectivity index (χ0) is 12.3. The molecule has 0 atom stereocenters. The van der Waals surface area contributed by atoms with Crippen molar-refractivity contribution >= 4 is 11.7 Å². The fraction of sp³-hybridized carbons (Fsp3) is 0.154. The van der Waals surface area contributed by atoms with Crippen molar-refractivity contribution in [2.45, 2.75) is 13.5 Å². The van der Waals surface area contributed by atoms with Crippen LogP contribution in [0.3, 0.4) is 0 Å². The molecule has 17 heavy (non-hydrogen) atoms. The number of carbonyl (C=O) groups is 1. The van der Waals surface area contributed by atoms with E-state index in [9.17, 15) is 4.79 Å². The van der Waals surface area contributed by atoms with Gasteiger partial charge in [0, 0.05) is 17.6 Å². The minimum absolute atomic E-state index is 0.335. The number of hydrogen-bond acceptors (Lipinski definition) is 2. The van der Waals surface area contributed by atoms with Gasteiger partial charge in [-0.2, -0.15) is 0 Å². The van der Waals surface area contributed by atoms with Crippen LogP contribution in [-0.4, -0.2) is 16.1 Å². The fourth-order valence-electron chi connectivity index (χ4n) is 1.73. The van der Waals surface area contributed by atoms with Gasteiger partial charge in [0.2, 0.25) is 0 Å². The Hall–Kier alpha value is -2.23. The van der Waals surface area contributed by atoms with E-state index >= 15 is 0 Å². The lowest BCUT2D eigenvalue weighted by Gasteiger charge is -2.10. The number of nitrogens with one attached hydrogen (secondary N) is 2. The Bertz CT molecular complexity index is 518. The highest BCUT2D eigenvalue weighted by atomic mass is 16.4. The molecule has 0 radical (unpaired) electrons. The van der Waals surface area contributed by atoms with E-state index in [1.165, 1.54) is 0 Å². The number of hydrogen-bond donors (Lipinski definition) is 3. The fourth-order valence-corrected chi connectivity index (χ4v) is 1.73. The Morgan fingerprint density at radius 3 is 2.82 bits per heavy atom. The molecule has 0 aliphatic carbocycles. The Labute approximate surface area is 99.3 Å². The van der Waals surface area contributed by atoms with Crippen LogP contribution < -0.4 is 5.32 Å². The van der Waals surface area contributed by atoms with Crippen LogP contribution in [-0.2, 0) is 6.54 Å². The van der Waals surface area contributed by atoms with Gasteiger partial charge in [0.15, 0.2) is 0 Å². The Morgan fingerprint density at radius 1 is 1.35 bits per heavy atom. The molecular formula is C13H14N2O2. The molecule has 0 saturated carbocycles. The van der Waals surface area contributed by atoms with Gasteiger partial charge in [-0.05, 0) is 36.8 Å². The normalized spacial score (nSPS) is 10.2. The SMILES string of the molecule is Cc1c(NCc2ccc[nH]2)cccc1C(=O)O. The maximum Gasteiger partial charge on any atom is 0.336 e. The quantitative estimate of drug-likeness (QED) is 0.756. The summed E-state index contributed by atoms with van der Waals surface area (Å²) in [6.45, 7) is 2.46. The summed E-state index contributed by atoms with van der Waals surface area (Å²) < 4.78 is 0. The Balaban J connectivity index is 2.16. The molecule has 0 aliphatic rings. The maximum absolute atomic E-state index is 11.0. The molecule has 2 rings (SSSR count). The number of carboxylic acid groups (broad SMARTS) is 1. The summed E-state index contributed by atoms with van der Waals surface area (Å²) in [4.78, 5) is 14.1. The van der Waals surface area contributed by atoms with E-state index in [-0.39, 0.29) is 0 Å². The Morgan fingerprint density at radius 2 is 2.18 bits per heavy atom. The molecule has 4 nitrogen and oxygen atoms in total. The molecule has 3 N–H and O–H groups in total. The third-order valence-corrected chi connectivity index (χ3v) is 2.70. The van der Waals surface area contributed by atoms with Crippen molar-refractivity contribution in [3.63, 3.8) is 0 Å². The highest BCUT2D eigenvalue weighted by Crippen LogP contribution is 2.19. The lowest BCUT2D eigenvalue weighted by Crippen LogP contribution is -2.05. The number of aromatic amines is 1. The van der Waals surface area contributed by atoms with Gasteiger partial charge in [0.1, 0.15) is 0 Å². The van der Waals surface area contributed by atoms with Gasteiger partial charge in [0.25, 0.3) is 0 Å². The first-order valence-corrected chi connectivity index (χ1v) is 5.37. The van der Waals surface area contributed by atoms with Gasteiger partial charge in [-0.1, -0.05) is 6.07 Å². The predicted octanol–water partition coefficient (Wildman–Crippen LogP) is 2.63. The molecule has 4 heteroatoms. The molecule has 0 bridgehead atoms. The van der Waals surface area contributed by atoms with Crippen molar-refractivity contribution in [2.24, 2.45) is 0 Å². The van der Waals surface area contributed by atoms with E-state index in [1.54, 1.807) is 19.1 Å². The summed E-state index contributed by atoms with van der Waals surface area (Å²) in [5, 5.41) is 12.2. The van der Waals surface area contributed by atoms with Crippen LogP contribution in [0.15, 0.2) is 36.5 Å². The molecule has 2 aromatic rings. The zero-order valence-electron chi connectivity index (χ0n) is 9.53. The van der Waals surface area contributed by atoms with Crippen molar-refractivity contribution in [3.8, 4) is 0 Å². The first-order valence-electron chi connectivity index (χ1n) is 5.37. The zero-order valence-corrected chi connectivity index (χ0v) is 9.53. The largest absolute Gasteiger partial charge is 0.478 e. The summed E-state index contributed by atoms with van der Waals surface area (Å²) in [7, 11) is 0. The third-order valence-electron chi connectivity index (χ3n) is 2.70. The van der Waals surface area contributed by atoms with Crippen molar-refractivity contribution < 1.29 is 9.90 Å². The van der Waals surface area contributed by atoms with Crippen LogP contribution in [0.1, 0.15) is 21.6 Å². The average molecular weight is 230 g/mol. The molecule has 0 fully saturated rings. The lowest BCUT2D eigenvalue weighted by molar-refractivity contribution is 0.0696. The highest BCUT2D eigenvalue weighted by Gasteiger charge is 2.09. The number of aromatic carboxylic acids is 1. The predicted molar refractivity (Wildman–Crippen MR) is 66.3 cm³/mol. The van der Waals surface area contributed by atoms with Gasteiger partial charge in [-0.3, -0.25) is 0 Å². The first kappa shape index (κ1) is 11.3. The van der Waals surface area contributed by atoms with Gasteiger partial charge in [-0.25, -0.2) is 4.79 Å². The summed E-state index contributed by atoms with van der Waals surface area (Å²) in [6, 6.07) is 9.14. The molecule has 0 amide bonds. The number of rotatable bonds is 4. The van der Waals surface area contributed by atoms with Gasteiger partial charge in [0.05, 0.1) is 12.1 Å². The smallest absolute Gasteiger partial charge is 0.336 e. The monoisotopic (exact) mass is 230 g/mol. The van der Waals surface area contributed by atoms with Gasteiger partial charge in [-0.15, -0.1) is 0 Å². The molecule has 0 aliphatic heterocycles. The molecule has 1 heterocycles. The third kappa shape index (κ3) is 2.47. The minimum atomic E-state index is -0.897. The highest BCUT2D eigenvalue weighted by molar-refractivity contribution is 5.91. The van der Waals surface area contributed by atoms with E-state index in [4.69, 9.17) is 5.11 Å². The van der Waals surface area contributed by atoms with Crippen LogP contribution in [0, 0.1) is 6.92 Å². The maximum atomic E-state index is 11.0. The number of aromatic nitrogens is 1. The second-order valence-electron chi connectivity index (χ2n) is 3.83. The molecular weight excluding hydrogens is 216 g/mol. The van der Waals surface area contributed by atoms with Crippen LogP contribution in [0.4, 0.5) is 5.69 Å². The van der Waals surface area contributed by atoms with E-state index in [0.29, 0.717) is 12.1 Å². The second-order valence-corrected chi connectivity index (χ2v) is 3.83. The first-order chi connectivity index (χ1) is 8.18. The van der Waals surface area contributed by atoms with Gasteiger partial charge >= 0.3 is 5.97 Å². The van der Waals surface area contributed by atoms with Gasteiger partial charge < -0.3 is 15.4 Å². The standard InChI is InChI=1S/C13H14N2O2/c1-9-11(13(16)17)5-2-6-12(9)15-8-10-4-3-7-14-10/h2-7,14-15H,8H2,1H3,(H,16,17). The number of H-pyrrole nitrogens is 1. The van der Waals surface area contributed by atoms with E-state index in [1.807, 2.05) is 24.4 Å². The summed E-state index contributed by atoms with van der Waals surface area (Å²) in [5.41, 5.74) is 3.00. The van der Waals surface area contributed by atoms with Crippen molar-refractivity contribution in [3.05, 3.63) is 53.3 Å². The molecule has 1 aromatic carbocycles. The average Bonchev–Trinajstić information content (AvgIpc) is 2.80. The molecule has 1 aromatic heterocycles. The number of anilines is 1.